The van der Waals surface area contributed by atoms with Gasteiger partial charge in [0.2, 0.25) is 0 Å². The van der Waals surface area contributed by atoms with Gasteiger partial charge in [-0.1, -0.05) is 166 Å². The average molecular weight is 956 g/mol. The van der Waals surface area contributed by atoms with Gasteiger partial charge in [0.05, 0.1) is 11.0 Å². The molecule has 12 aromatic rings. The first-order chi connectivity index (χ1) is 36.0. The fourth-order valence-electron chi connectivity index (χ4n) is 11.5. The minimum atomic E-state index is -2.16. The topological polar surface area (TPSA) is 11.4 Å². The van der Waals surface area contributed by atoms with Crippen molar-refractivity contribution < 1.29 is 0 Å². The minimum absolute atomic E-state index is 0.0869. The van der Waals surface area contributed by atoms with Crippen molar-refractivity contribution in [3.8, 4) is 16.8 Å². The van der Waals surface area contributed by atoms with Crippen molar-refractivity contribution in [2.75, 3.05) is 9.80 Å². The number of hydrogen-bond donors (Lipinski definition) is 0. The Morgan fingerprint density at radius 1 is 0.301 bits per heavy atom. The van der Waals surface area contributed by atoms with E-state index in [0.29, 0.717) is 0 Å². The quantitative estimate of drug-likeness (QED) is 0.128. The van der Waals surface area contributed by atoms with Crippen LogP contribution < -0.4 is 9.80 Å². The summed E-state index contributed by atoms with van der Waals surface area (Å²) in [5.74, 6) is 0. The van der Waals surface area contributed by atoms with E-state index in [1.54, 1.807) is 0 Å². The first-order valence-electron chi connectivity index (χ1n) is 25.2. The van der Waals surface area contributed by atoms with E-state index >= 15 is 0 Å². The van der Waals surface area contributed by atoms with E-state index in [1.807, 2.05) is 0 Å². The normalized spacial score (nSPS) is 12.8. The maximum absolute atomic E-state index is 2.46. The van der Waals surface area contributed by atoms with Crippen molar-refractivity contribution in [1.29, 1.82) is 0 Å². The number of fused-ring (bicyclic) bond motifs is 6. The molecule has 13 rings (SSSR count). The van der Waals surface area contributed by atoms with Crippen molar-refractivity contribution in [2.45, 2.75) is 38.8 Å². The predicted octanol–water partition coefficient (Wildman–Crippen LogP) is 19.4. The average Bonchev–Trinajstić information content (AvgIpc) is 3.90. The Bertz CT molecular complexity index is 3900. The molecule has 0 radical (unpaired) electrons. The zero-order chi connectivity index (χ0) is 48.9. The number of rotatable bonds is 11. The van der Waals surface area contributed by atoms with Gasteiger partial charge in [0.1, 0.15) is 0 Å². The smallest absolute Gasteiger partial charge is 0.0542 e. The van der Waals surface area contributed by atoms with Crippen molar-refractivity contribution >= 4 is 66.0 Å². The molecule has 1 aliphatic rings. The second-order valence-corrected chi connectivity index (χ2v) is 22.5. The summed E-state index contributed by atoms with van der Waals surface area (Å²) in [6, 6.07) is 105. The van der Waals surface area contributed by atoms with E-state index < -0.39 is 10.0 Å². The van der Waals surface area contributed by atoms with Gasteiger partial charge in [-0.2, -0.15) is 0 Å². The van der Waals surface area contributed by atoms with E-state index in [9.17, 15) is 0 Å². The van der Waals surface area contributed by atoms with Crippen LogP contribution in [0.4, 0.5) is 34.1 Å². The van der Waals surface area contributed by atoms with Crippen LogP contribution in [0.3, 0.4) is 0 Å². The number of hydrogen-bond acceptors (Lipinski definition) is 2. The van der Waals surface area contributed by atoms with Gasteiger partial charge >= 0.3 is 0 Å². The summed E-state index contributed by atoms with van der Waals surface area (Å²) in [5.41, 5.74) is 15.4. The molecule has 0 N–H and O–H groups in total. The zero-order valence-electron chi connectivity index (χ0n) is 40.9. The molecular weight excluding hydrogens is 903 g/mol. The highest BCUT2D eigenvalue weighted by Gasteiger charge is 2.37. The number of para-hydroxylation sites is 4. The van der Waals surface area contributed by atoms with E-state index in [-0.39, 0.29) is 5.41 Å². The van der Waals surface area contributed by atoms with Crippen LogP contribution >= 0.6 is 10.0 Å². The Labute approximate surface area is 429 Å². The monoisotopic (exact) mass is 955 g/mol. The highest BCUT2D eigenvalue weighted by atomic mass is 32.3. The van der Waals surface area contributed by atoms with Crippen molar-refractivity contribution in [3.05, 3.63) is 296 Å². The summed E-state index contributed by atoms with van der Waals surface area (Å²) in [7, 11) is -2.16. The van der Waals surface area contributed by atoms with Crippen LogP contribution in [0.25, 0.3) is 38.6 Å². The molecule has 0 atom stereocenters. The van der Waals surface area contributed by atoms with Crippen LogP contribution in [0.15, 0.2) is 305 Å². The standard InChI is InChI=1S/C69H53N3S/c1-69(2)65-40-20-18-38-61(65)63-48-55(42-44-66(63)69)70(50-24-8-3-9-25-50)53-30-22-36-59(46-53)73(57-32-14-6-15-33-57,58-34-16-7-17-35-58)60-37-23-31-54(47-60)71(51-26-10-4-11-27-51)56-43-45-68-64(49-56)62-39-19-21-41-67(62)72(68)52-28-12-5-13-29-52/h3-49H,1-2H3. The molecule has 0 aliphatic heterocycles. The first-order valence-corrected chi connectivity index (χ1v) is 26.8. The van der Waals surface area contributed by atoms with Crippen LogP contribution in [0.5, 0.6) is 0 Å². The van der Waals surface area contributed by atoms with Gasteiger partial charge in [-0.3, -0.25) is 0 Å². The van der Waals surface area contributed by atoms with Gasteiger partial charge < -0.3 is 14.4 Å². The van der Waals surface area contributed by atoms with Crippen LogP contribution in [0, 0.1) is 0 Å². The summed E-state index contributed by atoms with van der Waals surface area (Å²) >= 11 is 0. The SMILES string of the molecule is CC1(C)c2ccccc2-c2cc(N(c3ccccc3)c3cccc(S(c4ccccc4)(c4ccccc4)c4cccc(N(c5ccccc5)c5ccc6c(c5)c5ccccc5n6-c5ccccc5)c4)c3)ccc21. The highest BCUT2D eigenvalue weighted by molar-refractivity contribution is 8.34. The molecule has 4 heteroatoms. The van der Waals surface area contributed by atoms with Gasteiger partial charge in [0.25, 0.3) is 0 Å². The molecule has 1 aliphatic carbocycles. The third-order valence-corrected chi connectivity index (χ3v) is 18.7. The summed E-state index contributed by atoms with van der Waals surface area (Å²) in [6.45, 7) is 4.70. The molecule has 0 spiro atoms. The molecule has 0 fully saturated rings. The third-order valence-electron chi connectivity index (χ3n) is 14.8. The Kier molecular flexibility index (Phi) is 10.9. The summed E-state index contributed by atoms with van der Waals surface area (Å²) in [4.78, 5) is 9.88. The van der Waals surface area contributed by atoms with Crippen LogP contribution in [-0.2, 0) is 5.41 Å². The fraction of sp³-hybridized carbons (Fsp3) is 0.0435. The van der Waals surface area contributed by atoms with Crippen molar-refractivity contribution in [2.24, 2.45) is 0 Å². The maximum Gasteiger partial charge on any atom is 0.0542 e. The van der Waals surface area contributed by atoms with Crippen LogP contribution in [0.1, 0.15) is 25.0 Å². The van der Waals surface area contributed by atoms with Crippen molar-refractivity contribution in [3.63, 3.8) is 0 Å². The van der Waals surface area contributed by atoms with Gasteiger partial charge in [0, 0.05) is 75.6 Å². The molecule has 0 bridgehead atoms. The molecule has 11 aromatic carbocycles. The number of aromatic nitrogens is 1. The Balaban J connectivity index is 1.02. The largest absolute Gasteiger partial charge is 0.310 e. The second-order valence-electron chi connectivity index (χ2n) is 19.4. The Hall–Kier alpha value is -8.83. The molecule has 0 saturated heterocycles. The highest BCUT2D eigenvalue weighted by Crippen LogP contribution is 2.74. The Morgan fingerprint density at radius 2 is 0.726 bits per heavy atom. The summed E-state index contributed by atoms with van der Waals surface area (Å²) in [5, 5.41) is 2.43. The Morgan fingerprint density at radius 3 is 1.33 bits per heavy atom. The molecule has 73 heavy (non-hydrogen) atoms. The second kappa shape index (κ2) is 18.1. The number of nitrogens with zero attached hydrogens (tertiary/aromatic N) is 3. The first kappa shape index (κ1) is 44.1. The van der Waals surface area contributed by atoms with Crippen LogP contribution in [-0.4, -0.2) is 4.57 Å². The van der Waals surface area contributed by atoms with E-state index in [0.717, 1.165) is 39.8 Å². The molecule has 0 amide bonds. The summed E-state index contributed by atoms with van der Waals surface area (Å²) < 4.78 is 2.39. The van der Waals surface area contributed by atoms with E-state index in [4.69, 9.17) is 0 Å². The molecule has 1 aromatic heterocycles. The zero-order valence-corrected chi connectivity index (χ0v) is 41.7. The fourth-order valence-corrected chi connectivity index (χ4v) is 15.5. The lowest BCUT2D eigenvalue weighted by molar-refractivity contribution is 0.660. The van der Waals surface area contributed by atoms with Gasteiger partial charge in [-0.25, -0.2) is 0 Å². The minimum Gasteiger partial charge on any atom is -0.310 e. The lowest BCUT2D eigenvalue weighted by atomic mass is 9.82. The predicted molar refractivity (Wildman–Crippen MR) is 308 cm³/mol. The molecule has 0 unspecified atom stereocenters. The van der Waals surface area contributed by atoms with Gasteiger partial charge in [-0.15, -0.1) is 10.0 Å². The maximum atomic E-state index is 2.46. The van der Waals surface area contributed by atoms with E-state index in [2.05, 4.69) is 313 Å². The van der Waals surface area contributed by atoms with Gasteiger partial charge in [-0.05, 0) is 156 Å². The van der Waals surface area contributed by atoms with Gasteiger partial charge in [0.15, 0.2) is 0 Å². The number of benzene rings is 11. The van der Waals surface area contributed by atoms with Crippen molar-refractivity contribution in [1.82, 2.24) is 4.57 Å². The third kappa shape index (κ3) is 7.36. The lowest BCUT2D eigenvalue weighted by Gasteiger charge is -2.43. The molecular formula is C69H53N3S. The molecule has 0 saturated carbocycles. The van der Waals surface area contributed by atoms with E-state index in [1.165, 1.54) is 63.6 Å². The summed E-state index contributed by atoms with van der Waals surface area (Å²) in [6.07, 6.45) is 0. The molecule has 1 heterocycles. The lowest BCUT2D eigenvalue weighted by Crippen LogP contribution is -2.15. The van der Waals surface area contributed by atoms with Crippen LogP contribution in [0.2, 0.25) is 0 Å². The molecule has 350 valence electrons. The molecule has 3 nitrogen and oxygen atoms in total. The number of anilines is 6.